The number of anilines is 3. The molecule has 0 fully saturated rings. The molecule has 2 aromatic rings. The second kappa shape index (κ2) is 8.80. The summed E-state index contributed by atoms with van der Waals surface area (Å²) in [4.78, 5) is 13.8. The van der Waals surface area contributed by atoms with E-state index in [1.54, 1.807) is 6.07 Å². The molecule has 0 aliphatic heterocycles. The molecule has 0 saturated carbocycles. The van der Waals surface area contributed by atoms with Crippen molar-refractivity contribution >= 4 is 34.6 Å². The molecule has 9 nitrogen and oxygen atoms in total. The van der Waals surface area contributed by atoms with Gasteiger partial charge in [0.1, 0.15) is 17.3 Å². The van der Waals surface area contributed by atoms with Crippen LogP contribution in [0.25, 0.3) is 0 Å². The number of amides is 1. The third-order valence-corrected chi connectivity index (χ3v) is 4.04. The van der Waals surface area contributed by atoms with Gasteiger partial charge in [0.15, 0.2) is 11.6 Å². The van der Waals surface area contributed by atoms with E-state index in [4.69, 9.17) is 5.73 Å². The molecule has 2 rings (SSSR count). The van der Waals surface area contributed by atoms with Gasteiger partial charge >= 0.3 is 0 Å². The van der Waals surface area contributed by atoms with Gasteiger partial charge in [-0.1, -0.05) is 0 Å². The number of carbonyl (C=O) groups excluding carboxylic acids is 1. The van der Waals surface area contributed by atoms with Gasteiger partial charge in [-0.2, -0.15) is 10.4 Å². The largest absolute Gasteiger partial charge is 0.381 e. The van der Waals surface area contributed by atoms with E-state index in [1.165, 1.54) is 11.6 Å². The number of hydrogen-bond acceptors (Lipinski definition) is 7. The summed E-state index contributed by atoms with van der Waals surface area (Å²) in [7, 11) is 0. The van der Waals surface area contributed by atoms with E-state index in [1.807, 2.05) is 25.1 Å². The summed E-state index contributed by atoms with van der Waals surface area (Å²) in [6.07, 6.45) is 0. The zero-order valence-electron chi connectivity index (χ0n) is 16.0. The Morgan fingerprint density at radius 2 is 2.04 bits per heavy atom. The highest BCUT2D eigenvalue weighted by Crippen LogP contribution is 2.33. The first-order chi connectivity index (χ1) is 12.9. The van der Waals surface area contributed by atoms with Crippen LogP contribution in [0.2, 0.25) is 0 Å². The van der Waals surface area contributed by atoms with Crippen molar-refractivity contribution in [1.82, 2.24) is 9.78 Å². The van der Waals surface area contributed by atoms with Crippen molar-refractivity contribution in [3.8, 4) is 6.07 Å². The molecule has 0 spiro atoms. The molecule has 1 heterocycles. The molecule has 9 heteroatoms. The Morgan fingerprint density at radius 1 is 1.33 bits per heavy atom. The number of nitrogens with two attached hydrogens (primary N) is 1. The maximum absolute atomic E-state index is 11.6. The topological polar surface area (TPSA) is 125 Å². The number of azo groups is 1. The van der Waals surface area contributed by atoms with Crippen molar-refractivity contribution in [2.24, 2.45) is 10.2 Å². The fourth-order valence-corrected chi connectivity index (χ4v) is 2.69. The van der Waals surface area contributed by atoms with E-state index in [0.717, 1.165) is 18.8 Å². The summed E-state index contributed by atoms with van der Waals surface area (Å²) in [6.45, 7) is 9.62. The van der Waals surface area contributed by atoms with Gasteiger partial charge in [0.05, 0.1) is 5.69 Å². The van der Waals surface area contributed by atoms with E-state index in [2.05, 4.69) is 39.4 Å². The minimum Gasteiger partial charge on any atom is -0.381 e. The Bertz CT molecular complexity index is 889. The van der Waals surface area contributed by atoms with Gasteiger partial charge in [-0.05, 0) is 39.0 Å². The highest BCUT2D eigenvalue weighted by atomic mass is 16.1. The Morgan fingerprint density at radius 3 is 2.59 bits per heavy atom. The first-order valence-corrected chi connectivity index (χ1v) is 8.79. The number of aromatic nitrogens is 2. The molecule has 0 saturated heterocycles. The molecule has 0 radical (unpaired) electrons. The molecule has 1 aromatic heterocycles. The van der Waals surface area contributed by atoms with Crippen LogP contribution in [-0.2, 0) is 11.3 Å². The first-order valence-electron chi connectivity index (χ1n) is 8.79. The van der Waals surface area contributed by atoms with Crippen molar-refractivity contribution in [2.45, 2.75) is 34.2 Å². The summed E-state index contributed by atoms with van der Waals surface area (Å²) in [5, 5.41) is 24.6. The van der Waals surface area contributed by atoms with Gasteiger partial charge < -0.3 is 16.0 Å². The fourth-order valence-electron chi connectivity index (χ4n) is 2.69. The van der Waals surface area contributed by atoms with Gasteiger partial charge in [-0.15, -0.1) is 10.2 Å². The maximum Gasteiger partial charge on any atom is 0.221 e. The summed E-state index contributed by atoms with van der Waals surface area (Å²) in [5.74, 6) is 0.204. The molecule has 1 amide bonds. The summed E-state index contributed by atoms with van der Waals surface area (Å²) >= 11 is 0. The molecule has 0 unspecified atom stereocenters. The number of nitrogens with zero attached hydrogens (tertiary/aromatic N) is 6. The lowest BCUT2D eigenvalue weighted by atomic mass is 10.2. The monoisotopic (exact) mass is 368 g/mol. The lowest BCUT2D eigenvalue weighted by molar-refractivity contribution is -0.114. The normalized spacial score (nSPS) is 10.8. The van der Waals surface area contributed by atoms with Crippen LogP contribution in [0.4, 0.5) is 28.7 Å². The third-order valence-electron chi connectivity index (χ3n) is 4.04. The maximum atomic E-state index is 11.6. The quantitative estimate of drug-likeness (QED) is 0.723. The zero-order valence-corrected chi connectivity index (χ0v) is 16.0. The summed E-state index contributed by atoms with van der Waals surface area (Å²) in [5.41, 5.74) is 7.94. The molecule has 0 aliphatic carbocycles. The van der Waals surface area contributed by atoms with Crippen LogP contribution in [0.5, 0.6) is 0 Å². The van der Waals surface area contributed by atoms with Crippen LogP contribution >= 0.6 is 0 Å². The Kier molecular flexibility index (Phi) is 6.49. The Hall–Kier alpha value is -3.41. The average Bonchev–Trinajstić information content (AvgIpc) is 2.96. The predicted molar refractivity (Wildman–Crippen MR) is 106 cm³/mol. The number of carbonyl (C=O) groups is 1. The smallest absolute Gasteiger partial charge is 0.221 e. The average molecular weight is 368 g/mol. The predicted octanol–water partition coefficient (Wildman–Crippen LogP) is 3.58. The highest BCUT2D eigenvalue weighted by molar-refractivity contribution is 5.93. The minimum atomic E-state index is -0.205. The zero-order chi connectivity index (χ0) is 20.0. The lowest BCUT2D eigenvalue weighted by Crippen LogP contribution is -2.21. The van der Waals surface area contributed by atoms with E-state index in [9.17, 15) is 10.1 Å². The van der Waals surface area contributed by atoms with Crippen molar-refractivity contribution in [2.75, 3.05) is 29.0 Å². The molecule has 142 valence electrons. The van der Waals surface area contributed by atoms with Gasteiger partial charge in [0.2, 0.25) is 5.91 Å². The molecule has 0 atom stereocenters. The molecule has 27 heavy (non-hydrogen) atoms. The molecular formula is C18H24N8O. The first kappa shape index (κ1) is 19.9. The van der Waals surface area contributed by atoms with Crippen LogP contribution in [0.1, 0.15) is 33.3 Å². The molecule has 3 N–H and O–H groups in total. The van der Waals surface area contributed by atoms with Crippen LogP contribution in [0, 0.1) is 11.3 Å². The number of nitrogen functional groups attached to an aromatic ring is 1. The second-order valence-electron chi connectivity index (χ2n) is 5.77. The van der Waals surface area contributed by atoms with Crippen LogP contribution < -0.4 is 16.0 Å². The fraction of sp³-hybridized carbons (Fsp3) is 0.389. The van der Waals surface area contributed by atoms with Crippen molar-refractivity contribution < 1.29 is 4.79 Å². The molecular weight excluding hydrogens is 344 g/mol. The minimum absolute atomic E-state index is 0.118. The number of nitrogens with one attached hydrogen (secondary N) is 1. The molecule has 0 bridgehead atoms. The second-order valence-corrected chi connectivity index (χ2v) is 5.77. The lowest BCUT2D eigenvalue weighted by Gasteiger charge is -2.22. The van der Waals surface area contributed by atoms with E-state index >= 15 is 0 Å². The number of nitriles is 1. The SMILES string of the molecule is CCN(CC)c1ccc(N=Nc2c(C#N)c(N)nn2CC)c(NC(C)=O)c1. The van der Waals surface area contributed by atoms with Gasteiger partial charge in [0.25, 0.3) is 0 Å². The van der Waals surface area contributed by atoms with Gasteiger partial charge in [0, 0.05) is 32.2 Å². The number of rotatable bonds is 7. The van der Waals surface area contributed by atoms with Crippen molar-refractivity contribution in [3.05, 3.63) is 23.8 Å². The van der Waals surface area contributed by atoms with Gasteiger partial charge in [-0.25, -0.2) is 4.68 Å². The molecule has 0 aliphatic rings. The third kappa shape index (κ3) is 4.41. The highest BCUT2D eigenvalue weighted by Gasteiger charge is 2.15. The summed E-state index contributed by atoms with van der Waals surface area (Å²) < 4.78 is 1.51. The summed E-state index contributed by atoms with van der Waals surface area (Å²) in [6, 6.07) is 7.57. The van der Waals surface area contributed by atoms with Crippen LogP contribution in [-0.4, -0.2) is 28.8 Å². The van der Waals surface area contributed by atoms with Crippen LogP contribution in [0.3, 0.4) is 0 Å². The Balaban J connectivity index is 2.48. The standard InChI is InChI=1S/C18H24N8O/c1-5-25(6-2)13-8-9-15(16(10-13)21-12(4)27)22-23-18-14(11-19)17(20)24-26(18)7-3/h8-10H,5-7H2,1-4H3,(H2,20,24)(H,21,27). The molecule has 1 aromatic carbocycles. The van der Waals surface area contributed by atoms with E-state index < -0.39 is 0 Å². The van der Waals surface area contributed by atoms with E-state index in [0.29, 0.717) is 23.7 Å². The number of aryl methyl sites for hydroxylation is 1. The van der Waals surface area contributed by atoms with Crippen LogP contribution in [0.15, 0.2) is 28.4 Å². The Labute approximate surface area is 158 Å². The number of hydrogen-bond donors (Lipinski definition) is 2. The van der Waals surface area contributed by atoms with Crippen molar-refractivity contribution in [3.63, 3.8) is 0 Å². The van der Waals surface area contributed by atoms with Crippen molar-refractivity contribution in [1.29, 1.82) is 5.26 Å². The van der Waals surface area contributed by atoms with Gasteiger partial charge in [-0.3, -0.25) is 4.79 Å². The number of benzene rings is 1. The van der Waals surface area contributed by atoms with E-state index in [-0.39, 0.29) is 17.3 Å².